The van der Waals surface area contributed by atoms with Gasteiger partial charge in [-0.1, -0.05) is 48.5 Å². The van der Waals surface area contributed by atoms with Crippen molar-refractivity contribution in [2.24, 2.45) is 0 Å². The number of ketones is 1. The molecule has 0 fully saturated rings. The van der Waals surface area contributed by atoms with Gasteiger partial charge in [-0.05, 0) is 17.7 Å². The van der Waals surface area contributed by atoms with Crippen molar-refractivity contribution in [3.8, 4) is 0 Å². The van der Waals surface area contributed by atoms with Crippen LogP contribution in [0.3, 0.4) is 0 Å². The number of ether oxygens (including phenoxy) is 1. The van der Waals surface area contributed by atoms with E-state index in [1.807, 2.05) is 0 Å². The molecule has 124 valence electrons. The van der Waals surface area contributed by atoms with Crippen molar-refractivity contribution in [2.45, 2.75) is 6.18 Å². The summed E-state index contributed by atoms with van der Waals surface area (Å²) in [5.41, 5.74) is -1.67. The predicted molar refractivity (Wildman–Crippen MR) is 82.2 cm³/mol. The van der Waals surface area contributed by atoms with E-state index in [0.717, 1.165) is 19.2 Å². The highest BCUT2D eigenvalue weighted by molar-refractivity contribution is 6.27. The third-order valence-corrected chi connectivity index (χ3v) is 3.24. The molecule has 2 aromatic carbocycles. The number of hydrogen-bond acceptors (Lipinski definition) is 3. The van der Waals surface area contributed by atoms with E-state index < -0.39 is 34.6 Å². The molecule has 0 heterocycles. The lowest BCUT2D eigenvalue weighted by atomic mass is 9.96. The SMILES string of the molecule is COC(=O)C(=Cc1ccccc1)C(=O)c1ccccc1C(F)(F)F. The van der Waals surface area contributed by atoms with E-state index in [0.29, 0.717) is 5.56 Å². The Labute approximate surface area is 136 Å². The minimum Gasteiger partial charge on any atom is -0.465 e. The fourth-order valence-corrected chi connectivity index (χ4v) is 2.12. The number of benzene rings is 2. The molecule has 0 saturated heterocycles. The van der Waals surface area contributed by atoms with Crippen molar-refractivity contribution in [3.63, 3.8) is 0 Å². The number of carbonyl (C=O) groups excluding carboxylic acids is 2. The van der Waals surface area contributed by atoms with Gasteiger partial charge in [0.05, 0.1) is 12.7 Å². The van der Waals surface area contributed by atoms with Crippen molar-refractivity contribution < 1.29 is 27.5 Å². The van der Waals surface area contributed by atoms with Gasteiger partial charge in [0.1, 0.15) is 5.57 Å². The van der Waals surface area contributed by atoms with Crippen molar-refractivity contribution in [2.75, 3.05) is 7.11 Å². The van der Waals surface area contributed by atoms with E-state index in [9.17, 15) is 22.8 Å². The van der Waals surface area contributed by atoms with Crippen LogP contribution in [-0.4, -0.2) is 18.9 Å². The Morgan fingerprint density at radius 2 is 1.54 bits per heavy atom. The molecule has 0 bridgehead atoms. The molecule has 0 saturated carbocycles. The minimum atomic E-state index is -4.71. The molecule has 6 heteroatoms. The van der Waals surface area contributed by atoms with E-state index in [1.54, 1.807) is 30.3 Å². The van der Waals surface area contributed by atoms with Crippen LogP contribution in [0.1, 0.15) is 21.5 Å². The number of halogens is 3. The molecular weight excluding hydrogens is 321 g/mol. The fourth-order valence-electron chi connectivity index (χ4n) is 2.12. The highest BCUT2D eigenvalue weighted by Crippen LogP contribution is 2.33. The first-order valence-electron chi connectivity index (χ1n) is 6.90. The van der Waals surface area contributed by atoms with Crippen LogP contribution in [0.15, 0.2) is 60.2 Å². The highest BCUT2D eigenvalue weighted by atomic mass is 19.4. The fraction of sp³-hybridized carbons (Fsp3) is 0.111. The standard InChI is InChI=1S/C18H13F3O3/c1-24-17(23)14(11-12-7-3-2-4-8-12)16(22)13-9-5-6-10-15(13)18(19,20)21/h2-11H,1H3. The van der Waals surface area contributed by atoms with E-state index in [1.165, 1.54) is 18.2 Å². The summed E-state index contributed by atoms with van der Waals surface area (Å²) in [6, 6.07) is 12.6. The first-order valence-corrected chi connectivity index (χ1v) is 6.90. The lowest BCUT2D eigenvalue weighted by Crippen LogP contribution is -2.19. The van der Waals surface area contributed by atoms with Gasteiger partial charge in [-0.3, -0.25) is 4.79 Å². The van der Waals surface area contributed by atoms with Crippen molar-refractivity contribution >= 4 is 17.8 Å². The summed E-state index contributed by atoms with van der Waals surface area (Å²) in [4.78, 5) is 24.4. The molecule has 24 heavy (non-hydrogen) atoms. The zero-order valence-electron chi connectivity index (χ0n) is 12.6. The number of alkyl halides is 3. The number of carbonyl (C=O) groups is 2. The molecule has 0 unspecified atom stereocenters. The largest absolute Gasteiger partial charge is 0.465 e. The van der Waals surface area contributed by atoms with Gasteiger partial charge < -0.3 is 4.74 Å². The average molecular weight is 334 g/mol. The topological polar surface area (TPSA) is 43.4 Å². The summed E-state index contributed by atoms with van der Waals surface area (Å²) in [5.74, 6) is -2.04. The molecule has 2 rings (SSSR count). The molecule has 0 N–H and O–H groups in total. The minimum absolute atomic E-state index is 0.472. The van der Waals surface area contributed by atoms with Crippen LogP contribution in [0.25, 0.3) is 6.08 Å². The zero-order chi connectivity index (χ0) is 17.7. The van der Waals surface area contributed by atoms with Crippen LogP contribution in [0.4, 0.5) is 13.2 Å². The maximum absolute atomic E-state index is 13.1. The molecular formula is C18H13F3O3. The number of esters is 1. The van der Waals surface area contributed by atoms with Crippen LogP contribution >= 0.6 is 0 Å². The van der Waals surface area contributed by atoms with Gasteiger partial charge in [0, 0.05) is 5.56 Å². The first kappa shape index (κ1) is 17.5. The van der Waals surface area contributed by atoms with Crippen LogP contribution in [0.5, 0.6) is 0 Å². The second-order valence-corrected chi connectivity index (χ2v) is 4.83. The molecule has 0 aliphatic rings. The van der Waals surface area contributed by atoms with Gasteiger partial charge in [0.15, 0.2) is 0 Å². The Morgan fingerprint density at radius 3 is 2.12 bits per heavy atom. The van der Waals surface area contributed by atoms with Gasteiger partial charge in [0.25, 0.3) is 0 Å². The Hall–Kier alpha value is -2.89. The van der Waals surface area contributed by atoms with Crippen molar-refractivity contribution in [1.82, 2.24) is 0 Å². The molecule has 0 aromatic heterocycles. The highest BCUT2D eigenvalue weighted by Gasteiger charge is 2.36. The molecule has 0 amide bonds. The van der Waals surface area contributed by atoms with E-state index >= 15 is 0 Å². The number of hydrogen-bond donors (Lipinski definition) is 0. The lowest BCUT2D eigenvalue weighted by molar-refractivity contribution is -0.138. The van der Waals surface area contributed by atoms with Crippen molar-refractivity contribution in [1.29, 1.82) is 0 Å². The summed E-state index contributed by atoms with van der Waals surface area (Å²) in [5, 5.41) is 0. The van der Waals surface area contributed by atoms with Crippen LogP contribution in [-0.2, 0) is 15.7 Å². The summed E-state index contributed by atoms with van der Waals surface area (Å²) in [6.07, 6.45) is -3.50. The normalized spacial score (nSPS) is 11.9. The summed E-state index contributed by atoms with van der Waals surface area (Å²) in [7, 11) is 1.06. The van der Waals surface area contributed by atoms with Gasteiger partial charge in [0.2, 0.25) is 5.78 Å². The Balaban J connectivity index is 2.55. The monoisotopic (exact) mass is 334 g/mol. The Morgan fingerprint density at radius 1 is 0.958 bits per heavy atom. The zero-order valence-corrected chi connectivity index (χ0v) is 12.6. The van der Waals surface area contributed by atoms with Crippen LogP contribution < -0.4 is 0 Å². The molecule has 0 atom stereocenters. The van der Waals surface area contributed by atoms with Crippen molar-refractivity contribution in [3.05, 3.63) is 76.9 Å². The molecule has 0 aliphatic carbocycles. The Bertz CT molecular complexity index is 778. The number of rotatable bonds is 4. The molecule has 3 nitrogen and oxygen atoms in total. The third kappa shape index (κ3) is 3.90. The predicted octanol–water partition coefficient (Wildman–Crippen LogP) is 4.14. The van der Waals surface area contributed by atoms with Gasteiger partial charge in [-0.25, -0.2) is 4.79 Å². The average Bonchev–Trinajstić information content (AvgIpc) is 2.58. The lowest BCUT2D eigenvalue weighted by Gasteiger charge is -2.12. The van der Waals surface area contributed by atoms with Gasteiger partial charge in [-0.2, -0.15) is 13.2 Å². The van der Waals surface area contributed by atoms with E-state index in [4.69, 9.17) is 0 Å². The summed E-state index contributed by atoms with van der Waals surface area (Å²) in [6.45, 7) is 0. The molecule has 0 radical (unpaired) electrons. The maximum Gasteiger partial charge on any atom is 0.417 e. The third-order valence-electron chi connectivity index (χ3n) is 3.24. The quantitative estimate of drug-likeness (QED) is 0.277. The second kappa shape index (κ2) is 7.12. The smallest absolute Gasteiger partial charge is 0.417 e. The molecule has 0 aliphatic heterocycles. The van der Waals surface area contributed by atoms with Gasteiger partial charge >= 0.3 is 12.1 Å². The van der Waals surface area contributed by atoms with Gasteiger partial charge in [-0.15, -0.1) is 0 Å². The van der Waals surface area contributed by atoms with Crippen LogP contribution in [0, 0.1) is 0 Å². The van der Waals surface area contributed by atoms with E-state index in [2.05, 4.69) is 4.74 Å². The maximum atomic E-state index is 13.1. The number of methoxy groups -OCH3 is 1. The molecule has 0 spiro atoms. The Kier molecular flexibility index (Phi) is 5.18. The second-order valence-electron chi connectivity index (χ2n) is 4.83. The molecule has 2 aromatic rings. The first-order chi connectivity index (χ1) is 11.3. The summed E-state index contributed by atoms with van der Waals surface area (Å²) < 4.78 is 43.8. The number of Topliss-reactive ketones (excluding diaryl/α,β-unsaturated/α-hetero) is 1. The van der Waals surface area contributed by atoms with E-state index in [-0.39, 0.29) is 0 Å². The van der Waals surface area contributed by atoms with Crippen LogP contribution in [0.2, 0.25) is 0 Å². The summed E-state index contributed by atoms with van der Waals surface area (Å²) >= 11 is 0.